The summed E-state index contributed by atoms with van der Waals surface area (Å²) in [4.78, 5) is 34.2. The van der Waals surface area contributed by atoms with Gasteiger partial charge in [0.1, 0.15) is 5.60 Å². The van der Waals surface area contributed by atoms with Crippen molar-refractivity contribution in [3.8, 4) is 18.4 Å². The van der Waals surface area contributed by atoms with E-state index in [2.05, 4.69) is 27.9 Å². The molecule has 3 heterocycles. The van der Waals surface area contributed by atoms with Gasteiger partial charge < -0.3 is 24.3 Å². The standard InChI is InChI=1S/C32H32N4O4/c1-5-21-17-23-24(18-26(21)35-10-12-36(13-11-35)30(38)40-31(2,3)4)32(8-14-39-15-9-32)29-27(28(23)37)22-7-6-20(19-33)16-25(22)34-29/h1,6-7,16-18,34H,8-15H2,2-4H3. The van der Waals surface area contributed by atoms with Gasteiger partial charge in [-0.3, -0.25) is 4.79 Å². The maximum atomic E-state index is 14.1. The van der Waals surface area contributed by atoms with Crippen LogP contribution in [-0.4, -0.2) is 66.8 Å². The molecule has 2 aromatic carbocycles. The molecule has 8 nitrogen and oxygen atoms in total. The summed E-state index contributed by atoms with van der Waals surface area (Å²) in [6.07, 6.45) is 7.15. The van der Waals surface area contributed by atoms with Gasteiger partial charge in [0.15, 0.2) is 5.78 Å². The van der Waals surface area contributed by atoms with E-state index in [1.54, 1.807) is 17.0 Å². The Bertz CT molecular complexity index is 1620. The highest BCUT2D eigenvalue weighted by molar-refractivity contribution is 6.20. The van der Waals surface area contributed by atoms with Crippen molar-refractivity contribution < 1.29 is 19.1 Å². The van der Waals surface area contributed by atoms with Gasteiger partial charge in [0.2, 0.25) is 0 Å². The number of aromatic nitrogens is 1. The van der Waals surface area contributed by atoms with Crippen molar-refractivity contribution in [3.05, 3.63) is 63.8 Å². The van der Waals surface area contributed by atoms with Crippen LogP contribution in [0.4, 0.5) is 10.5 Å². The molecule has 40 heavy (non-hydrogen) atoms. The summed E-state index contributed by atoms with van der Waals surface area (Å²) >= 11 is 0. The molecule has 3 aliphatic rings. The Morgan fingerprint density at radius 1 is 1.12 bits per heavy atom. The number of ether oxygens (including phenoxy) is 2. The third-order valence-electron chi connectivity index (χ3n) is 8.30. The Morgan fingerprint density at radius 2 is 1.85 bits per heavy atom. The molecular formula is C32H32N4O4. The summed E-state index contributed by atoms with van der Waals surface area (Å²) in [5.41, 5.74) is 5.04. The number of nitrogens with one attached hydrogen (secondary N) is 1. The Kier molecular flexibility index (Phi) is 6.12. The topological polar surface area (TPSA) is 98.7 Å². The number of nitrogens with zero attached hydrogens (tertiary/aromatic N) is 3. The summed E-state index contributed by atoms with van der Waals surface area (Å²) in [5.74, 6) is 2.76. The highest BCUT2D eigenvalue weighted by atomic mass is 16.6. The first-order chi connectivity index (χ1) is 19.1. The van der Waals surface area contributed by atoms with E-state index in [1.165, 1.54) is 0 Å². The number of nitriles is 1. The second-order valence-electron chi connectivity index (χ2n) is 11.8. The lowest BCUT2D eigenvalue weighted by atomic mass is 9.64. The number of amides is 1. The second kappa shape index (κ2) is 9.43. The van der Waals surface area contributed by atoms with Gasteiger partial charge in [0.25, 0.3) is 0 Å². The molecule has 1 aromatic heterocycles. The Morgan fingerprint density at radius 3 is 2.50 bits per heavy atom. The number of carbonyl (C=O) groups excluding carboxylic acids is 2. The van der Waals surface area contributed by atoms with E-state index in [1.807, 2.05) is 32.9 Å². The van der Waals surface area contributed by atoms with E-state index < -0.39 is 11.0 Å². The summed E-state index contributed by atoms with van der Waals surface area (Å²) < 4.78 is 11.4. The van der Waals surface area contributed by atoms with Crippen molar-refractivity contribution in [1.29, 1.82) is 5.26 Å². The summed E-state index contributed by atoms with van der Waals surface area (Å²) in [6.45, 7) is 8.98. The first-order valence-electron chi connectivity index (χ1n) is 13.7. The number of piperazine rings is 1. The van der Waals surface area contributed by atoms with Crippen LogP contribution in [0.15, 0.2) is 30.3 Å². The van der Waals surface area contributed by atoms with Crippen LogP contribution in [0.2, 0.25) is 0 Å². The molecule has 1 N–H and O–H groups in total. The Balaban J connectivity index is 1.42. The number of rotatable bonds is 1. The fourth-order valence-corrected chi connectivity index (χ4v) is 6.38. The van der Waals surface area contributed by atoms with E-state index in [4.69, 9.17) is 15.9 Å². The minimum atomic E-state index is -0.550. The number of carbonyl (C=O) groups is 2. The van der Waals surface area contributed by atoms with Gasteiger partial charge in [-0.25, -0.2) is 4.79 Å². The molecule has 1 amide bonds. The molecule has 8 heteroatoms. The number of terminal acetylenes is 1. The van der Waals surface area contributed by atoms with Crippen LogP contribution in [0.1, 0.15) is 71.9 Å². The Hall–Kier alpha value is -4.27. The highest BCUT2D eigenvalue weighted by Crippen LogP contribution is 2.50. The van der Waals surface area contributed by atoms with Crippen molar-refractivity contribution in [2.75, 3.05) is 44.3 Å². The van der Waals surface area contributed by atoms with E-state index in [-0.39, 0.29) is 11.9 Å². The van der Waals surface area contributed by atoms with Gasteiger partial charge in [-0.05, 0) is 63.4 Å². The molecule has 1 spiro atoms. The lowest BCUT2D eigenvalue weighted by molar-refractivity contribution is 0.0240. The predicted molar refractivity (Wildman–Crippen MR) is 152 cm³/mol. The number of fused-ring (bicyclic) bond motifs is 6. The lowest BCUT2D eigenvalue weighted by Crippen LogP contribution is -2.50. The number of ketones is 1. The molecule has 0 radical (unpaired) electrons. The zero-order chi connectivity index (χ0) is 28.2. The van der Waals surface area contributed by atoms with Crippen LogP contribution >= 0.6 is 0 Å². The second-order valence-corrected chi connectivity index (χ2v) is 11.8. The SMILES string of the molecule is C#Cc1cc2c(cc1N1CCN(C(=O)OC(C)(C)C)CC1)C1(CCOCC1)c1[nH]c3cc(C#N)ccc3c1C2=O. The molecule has 2 saturated heterocycles. The van der Waals surface area contributed by atoms with Crippen molar-refractivity contribution >= 4 is 28.5 Å². The van der Waals surface area contributed by atoms with E-state index in [0.29, 0.717) is 61.6 Å². The molecule has 0 saturated carbocycles. The molecule has 3 aromatic rings. The lowest BCUT2D eigenvalue weighted by Gasteiger charge is -2.43. The fraction of sp³-hybridized carbons (Fsp3) is 0.406. The van der Waals surface area contributed by atoms with Gasteiger partial charge in [-0.15, -0.1) is 6.42 Å². The molecule has 0 bridgehead atoms. The maximum Gasteiger partial charge on any atom is 0.410 e. The van der Waals surface area contributed by atoms with Gasteiger partial charge in [0.05, 0.1) is 22.9 Å². The number of hydrogen-bond acceptors (Lipinski definition) is 6. The fourth-order valence-electron chi connectivity index (χ4n) is 6.38. The number of hydrogen-bond donors (Lipinski definition) is 1. The van der Waals surface area contributed by atoms with Crippen LogP contribution in [0.5, 0.6) is 0 Å². The molecule has 2 aliphatic heterocycles. The Labute approximate surface area is 233 Å². The van der Waals surface area contributed by atoms with Crippen LogP contribution in [0, 0.1) is 23.7 Å². The number of H-pyrrole nitrogens is 1. The molecule has 6 rings (SSSR count). The molecule has 204 valence electrons. The number of anilines is 1. The average Bonchev–Trinajstić information content (AvgIpc) is 3.35. The summed E-state index contributed by atoms with van der Waals surface area (Å²) in [7, 11) is 0. The number of aromatic amines is 1. The smallest absolute Gasteiger partial charge is 0.410 e. The zero-order valence-corrected chi connectivity index (χ0v) is 23.1. The van der Waals surface area contributed by atoms with Crippen molar-refractivity contribution in [1.82, 2.24) is 9.88 Å². The van der Waals surface area contributed by atoms with E-state index in [0.717, 1.165) is 40.7 Å². The highest BCUT2D eigenvalue weighted by Gasteiger charge is 2.47. The minimum Gasteiger partial charge on any atom is -0.444 e. The van der Waals surface area contributed by atoms with Crippen molar-refractivity contribution in [2.45, 2.75) is 44.6 Å². The minimum absolute atomic E-state index is 0.0594. The molecular weight excluding hydrogens is 504 g/mol. The predicted octanol–water partition coefficient (Wildman–Crippen LogP) is 4.72. The van der Waals surface area contributed by atoms with Crippen LogP contribution in [0.3, 0.4) is 0 Å². The van der Waals surface area contributed by atoms with Gasteiger partial charge in [-0.1, -0.05) is 12.0 Å². The van der Waals surface area contributed by atoms with Crippen LogP contribution in [-0.2, 0) is 14.9 Å². The van der Waals surface area contributed by atoms with Gasteiger partial charge in [0, 0.05) is 72.5 Å². The number of benzene rings is 2. The largest absolute Gasteiger partial charge is 0.444 e. The monoisotopic (exact) mass is 536 g/mol. The average molecular weight is 537 g/mol. The third kappa shape index (κ3) is 4.11. The zero-order valence-electron chi connectivity index (χ0n) is 23.1. The quantitative estimate of drug-likeness (QED) is 0.452. The normalized spacial score (nSPS) is 18.2. The first kappa shape index (κ1) is 26.0. The van der Waals surface area contributed by atoms with Crippen LogP contribution in [0.25, 0.3) is 10.9 Å². The molecule has 0 atom stereocenters. The molecule has 2 fully saturated rings. The maximum absolute atomic E-state index is 14.1. The van der Waals surface area contributed by atoms with E-state index >= 15 is 0 Å². The first-order valence-corrected chi connectivity index (χ1v) is 13.7. The molecule has 1 aliphatic carbocycles. The van der Waals surface area contributed by atoms with E-state index in [9.17, 15) is 14.9 Å². The summed E-state index contributed by atoms with van der Waals surface area (Å²) in [6, 6.07) is 11.6. The summed E-state index contributed by atoms with van der Waals surface area (Å²) in [5, 5.41) is 10.3. The van der Waals surface area contributed by atoms with Gasteiger partial charge in [-0.2, -0.15) is 5.26 Å². The third-order valence-corrected chi connectivity index (χ3v) is 8.30. The van der Waals surface area contributed by atoms with Gasteiger partial charge >= 0.3 is 6.09 Å². The van der Waals surface area contributed by atoms with Crippen molar-refractivity contribution in [2.24, 2.45) is 0 Å². The molecule has 0 unspecified atom stereocenters. The van der Waals surface area contributed by atoms with Crippen molar-refractivity contribution in [3.63, 3.8) is 0 Å². The van der Waals surface area contributed by atoms with Crippen LogP contribution < -0.4 is 4.90 Å².